The van der Waals surface area contributed by atoms with Crippen molar-refractivity contribution in [3.05, 3.63) is 29.3 Å². The van der Waals surface area contributed by atoms with Crippen LogP contribution in [0, 0.1) is 0 Å². The van der Waals surface area contributed by atoms with Crippen LogP contribution in [-0.4, -0.2) is 19.7 Å². The van der Waals surface area contributed by atoms with E-state index < -0.39 is 5.92 Å². The summed E-state index contributed by atoms with van der Waals surface area (Å²) in [4.78, 5) is 0. The Balaban J connectivity index is 2.28. The maximum absolute atomic E-state index is 13.8. The van der Waals surface area contributed by atoms with Crippen LogP contribution in [-0.2, 0) is 12.3 Å². The normalized spacial score (nSPS) is 20.3. The van der Waals surface area contributed by atoms with Crippen LogP contribution in [0.15, 0.2) is 18.2 Å². The van der Waals surface area contributed by atoms with Crippen LogP contribution in [0.2, 0.25) is 0 Å². The zero-order chi connectivity index (χ0) is 13.9. The van der Waals surface area contributed by atoms with Gasteiger partial charge in [0.25, 0.3) is 5.92 Å². The first-order valence-corrected chi connectivity index (χ1v) is 6.80. The molecule has 106 valence electrons. The molecule has 1 heterocycles. The summed E-state index contributed by atoms with van der Waals surface area (Å²) < 4.78 is 32.7. The van der Waals surface area contributed by atoms with Gasteiger partial charge in [-0.05, 0) is 37.4 Å². The number of hydrogen-bond donors (Lipinski definition) is 1. The van der Waals surface area contributed by atoms with Gasteiger partial charge in [-0.2, -0.15) is 0 Å². The Bertz CT molecular complexity index is 423. The highest BCUT2D eigenvalue weighted by Crippen LogP contribution is 2.37. The molecule has 1 atom stereocenters. The Hall–Kier alpha value is -1.16. The van der Waals surface area contributed by atoms with Crippen LogP contribution in [0.4, 0.5) is 8.78 Å². The second-order valence-electron chi connectivity index (χ2n) is 5.23. The quantitative estimate of drug-likeness (QED) is 0.903. The fourth-order valence-corrected chi connectivity index (χ4v) is 2.78. The maximum atomic E-state index is 13.8. The van der Waals surface area contributed by atoms with Crippen molar-refractivity contribution in [2.75, 3.05) is 13.7 Å². The third-order valence-electron chi connectivity index (χ3n) is 3.65. The monoisotopic (exact) mass is 269 g/mol. The van der Waals surface area contributed by atoms with Crippen LogP contribution >= 0.6 is 0 Å². The Morgan fingerprint density at radius 1 is 1.37 bits per heavy atom. The molecule has 1 N–H and O–H groups in total. The first kappa shape index (κ1) is 14.3. The predicted molar refractivity (Wildman–Crippen MR) is 71.9 cm³/mol. The second-order valence-corrected chi connectivity index (χ2v) is 5.23. The molecule has 1 aliphatic heterocycles. The molecule has 1 aromatic carbocycles. The lowest BCUT2D eigenvalue weighted by Crippen LogP contribution is -2.36. The summed E-state index contributed by atoms with van der Waals surface area (Å²) in [6.45, 7) is 1.91. The average Bonchev–Trinajstić information content (AvgIpc) is 2.38. The van der Waals surface area contributed by atoms with E-state index in [9.17, 15) is 8.78 Å². The minimum Gasteiger partial charge on any atom is -0.496 e. The predicted octanol–water partition coefficient (Wildman–Crippen LogP) is 3.49. The number of benzene rings is 1. The van der Waals surface area contributed by atoms with Crippen molar-refractivity contribution in [1.82, 2.24) is 5.32 Å². The Morgan fingerprint density at radius 3 is 2.74 bits per heavy atom. The molecule has 2 nitrogen and oxygen atoms in total. The first-order chi connectivity index (χ1) is 9.02. The molecule has 0 aromatic heterocycles. The van der Waals surface area contributed by atoms with Crippen LogP contribution in [0.3, 0.4) is 0 Å². The van der Waals surface area contributed by atoms with Gasteiger partial charge in [-0.25, -0.2) is 8.78 Å². The van der Waals surface area contributed by atoms with Gasteiger partial charge in [0.1, 0.15) is 5.75 Å². The van der Waals surface area contributed by atoms with Gasteiger partial charge in [0.05, 0.1) is 12.7 Å². The number of nitrogens with one attached hydrogen (secondary N) is 1. The van der Waals surface area contributed by atoms with E-state index in [-0.39, 0.29) is 11.3 Å². The largest absolute Gasteiger partial charge is 0.496 e. The molecule has 19 heavy (non-hydrogen) atoms. The van der Waals surface area contributed by atoms with Crippen LogP contribution < -0.4 is 10.1 Å². The molecule has 0 amide bonds. The van der Waals surface area contributed by atoms with Crippen molar-refractivity contribution < 1.29 is 13.5 Å². The van der Waals surface area contributed by atoms with Gasteiger partial charge < -0.3 is 10.1 Å². The molecule has 0 saturated carbocycles. The van der Waals surface area contributed by atoms with Gasteiger partial charge in [-0.3, -0.25) is 0 Å². The highest BCUT2D eigenvalue weighted by molar-refractivity contribution is 5.43. The maximum Gasteiger partial charge on any atom is 0.274 e. The summed E-state index contributed by atoms with van der Waals surface area (Å²) in [5, 5.41) is 3.40. The molecule has 0 spiro atoms. The van der Waals surface area contributed by atoms with Crippen molar-refractivity contribution in [3.63, 3.8) is 0 Å². The van der Waals surface area contributed by atoms with Crippen LogP contribution in [0.5, 0.6) is 5.75 Å². The lowest BCUT2D eigenvalue weighted by atomic mass is 9.92. The second kappa shape index (κ2) is 5.87. The fraction of sp³-hybridized carbons (Fsp3) is 0.600. The van der Waals surface area contributed by atoms with Gasteiger partial charge in [-0.1, -0.05) is 18.6 Å². The molecular formula is C15H21F2NO. The minimum absolute atomic E-state index is 0.0323. The van der Waals surface area contributed by atoms with E-state index in [1.807, 2.05) is 0 Å². The van der Waals surface area contributed by atoms with Crippen molar-refractivity contribution in [2.45, 2.75) is 44.6 Å². The highest BCUT2D eigenvalue weighted by Gasteiger charge is 2.32. The van der Waals surface area contributed by atoms with Crippen LogP contribution in [0.25, 0.3) is 0 Å². The number of rotatable bonds is 4. The van der Waals surface area contributed by atoms with E-state index in [2.05, 4.69) is 5.32 Å². The lowest BCUT2D eigenvalue weighted by molar-refractivity contribution is 0.0140. The summed E-state index contributed by atoms with van der Waals surface area (Å²) in [6, 6.07) is 5.46. The smallest absolute Gasteiger partial charge is 0.274 e. The van der Waals surface area contributed by atoms with E-state index in [1.165, 1.54) is 20.0 Å². The molecule has 1 saturated heterocycles. The van der Waals surface area contributed by atoms with Gasteiger partial charge >= 0.3 is 0 Å². The van der Waals surface area contributed by atoms with Gasteiger partial charge in [-0.15, -0.1) is 0 Å². The Kier molecular flexibility index (Phi) is 4.40. The molecule has 0 bridgehead atoms. The van der Waals surface area contributed by atoms with E-state index >= 15 is 0 Å². The van der Waals surface area contributed by atoms with Crippen molar-refractivity contribution >= 4 is 0 Å². The third-order valence-corrected chi connectivity index (χ3v) is 3.65. The van der Waals surface area contributed by atoms with Crippen molar-refractivity contribution in [3.8, 4) is 5.75 Å². The number of methoxy groups -OCH3 is 1. The number of alkyl halides is 2. The zero-order valence-corrected chi connectivity index (χ0v) is 11.5. The van der Waals surface area contributed by atoms with E-state index in [0.717, 1.165) is 19.9 Å². The zero-order valence-electron chi connectivity index (χ0n) is 11.5. The Labute approximate surface area is 113 Å². The summed E-state index contributed by atoms with van der Waals surface area (Å²) in [6.07, 6.45) is 4.02. The SMILES string of the molecule is COc1cccc(CC2CCCCN2)c1C(C)(F)F. The van der Waals surface area contributed by atoms with E-state index in [4.69, 9.17) is 4.74 Å². The molecule has 2 rings (SSSR count). The molecule has 0 aliphatic carbocycles. The Morgan fingerprint density at radius 2 is 2.16 bits per heavy atom. The summed E-state index contributed by atoms with van der Waals surface area (Å²) in [7, 11) is 1.44. The summed E-state index contributed by atoms with van der Waals surface area (Å²) in [5.74, 6) is -2.60. The highest BCUT2D eigenvalue weighted by atomic mass is 19.3. The number of hydrogen-bond acceptors (Lipinski definition) is 2. The van der Waals surface area contributed by atoms with E-state index in [0.29, 0.717) is 18.0 Å². The molecular weight excluding hydrogens is 248 g/mol. The van der Waals surface area contributed by atoms with Crippen molar-refractivity contribution in [1.29, 1.82) is 0 Å². The summed E-state index contributed by atoms with van der Waals surface area (Å²) >= 11 is 0. The van der Waals surface area contributed by atoms with Gasteiger partial charge in [0.15, 0.2) is 0 Å². The van der Waals surface area contributed by atoms with Crippen molar-refractivity contribution in [2.24, 2.45) is 0 Å². The summed E-state index contributed by atoms with van der Waals surface area (Å²) in [5.41, 5.74) is 0.719. The standard InChI is InChI=1S/C15H21F2NO/c1-15(16,17)14-11(6-5-8-13(14)19-2)10-12-7-3-4-9-18-12/h5-6,8,12,18H,3-4,7,9-10H2,1-2H3. The lowest BCUT2D eigenvalue weighted by Gasteiger charge is -2.26. The fourth-order valence-electron chi connectivity index (χ4n) is 2.78. The molecule has 0 radical (unpaired) electrons. The molecule has 1 aromatic rings. The van der Waals surface area contributed by atoms with Crippen LogP contribution in [0.1, 0.15) is 37.3 Å². The number of piperidine rings is 1. The molecule has 1 aliphatic rings. The van der Waals surface area contributed by atoms with E-state index in [1.54, 1.807) is 18.2 Å². The van der Waals surface area contributed by atoms with Gasteiger partial charge in [0, 0.05) is 13.0 Å². The minimum atomic E-state index is -2.88. The number of halogens is 2. The number of ether oxygens (including phenoxy) is 1. The molecule has 1 fully saturated rings. The molecule has 1 unspecified atom stereocenters. The topological polar surface area (TPSA) is 21.3 Å². The average molecular weight is 269 g/mol. The third kappa shape index (κ3) is 3.44. The first-order valence-electron chi connectivity index (χ1n) is 6.80. The van der Waals surface area contributed by atoms with Gasteiger partial charge in [0.2, 0.25) is 0 Å². The molecule has 4 heteroatoms.